The first-order valence-electron chi connectivity index (χ1n) is 8.43. The molecule has 1 aromatic carbocycles. The third kappa shape index (κ3) is 4.45. The van der Waals surface area contributed by atoms with Crippen molar-refractivity contribution in [2.45, 2.75) is 58.7 Å². The van der Waals surface area contributed by atoms with Crippen molar-refractivity contribution in [2.75, 3.05) is 19.7 Å². The Kier molecular flexibility index (Phi) is 6.52. The molecule has 2 rings (SSSR count). The quantitative estimate of drug-likeness (QED) is 0.794. The summed E-state index contributed by atoms with van der Waals surface area (Å²) in [6.45, 7) is 10.4. The highest BCUT2D eigenvalue weighted by molar-refractivity contribution is 5.33. The van der Waals surface area contributed by atoms with Crippen LogP contribution in [-0.4, -0.2) is 36.7 Å². The van der Waals surface area contributed by atoms with E-state index in [2.05, 4.69) is 55.3 Å². The van der Waals surface area contributed by atoms with E-state index in [9.17, 15) is 0 Å². The zero-order valence-corrected chi connectivity index (χ0v) is 13.8. The number of hydrogen-bond acceptors (Lipinski definition) is 3. The van der Waals surface area contributed by atoms with Gasteiger partial charge in [0.2, 0.25) is 0 Å². The predicted octanol–water partition coefficient (Wildman–Crippen LogP) is 3.44. The molecule has 118 valence electrons. The third-order valence-corrected chi connectivity index (χ3v) is 4.57. The molecule has 2 unspecified atom stereocenters. The fourth-order valence-electron chi connectivity index (χ4n) is 3.28. The van der Waals surface area contributed by atoms with Crippen LogP contribution in [0.25, 0.3) is 0 Å². The van der Waals surface area contributed by atoms with E-state index >= 15 is 0 Å². The molecule has 0 bridgehead atoms. The molecule has 1 saturated heterocycles. The standard InChI is InChI=1S/C18H30N2O/c1-4-17-11-10-15(3)20(17)12-13-21-18-9-7-6-8-16(18)14-19-5-2/h6-9,15,17,19H,4-5,10-14H2,1-3H3. The van der Waals surface area contributed by atoms with Gasteiger partial charge in [0.15, 0.2) is 0 Å². The lowest BCUT2D eigenvalue weighted by Crippen LogP contribution is -2.37. The summed E-state index contributed by atoms with van der Waals surface area (Å²) in [5, 5.41) is 3.37. The molecule has 3 heteroatoms. The molecule has 0 saturated carbocycles. The lowest BCUT2D eigenvalue weighted by Gasteiger charge is -2.27. The second-order valence-electron chi connectivity index (χ2n) is 5.96. The van der Waals surface area contributed by atoms with E-state index in [1.807, 2.05) is 0 Å². The largest absolute Gasteiger partial charge is 0.492 e. The molecule has 0 spiro atoms. The Morgan fingerprint density at radius 3 is 2.81 bits per heavy atom. The second kappa shape index (κ2) is 8.40. The Morgan fingerprint density at radius 1 is 1.24 bits per heavy atom. The van der Waals surface area contributed by atoms with Crippen molar-refractivity contribution >= 4 is 0 Å². The molecule has 21 heavy (non-hydrogen) atoms. The molecule has 1 N–H and O–H groups in total. The van der Waals surface area contributed by atoms with Gasteiger partial charge < -0.3 is 10.1 Å². The van der Waals surface area contributed by atoms with Gasteiger partial charge in [-0.3, -0.25) is 4.90 Å². The van der Waals surface area contributed by atoms with Crippen LogP contribution in [0.15, 0.2) is 24.3 Å². The first-order valence-corrected chi connectivity index (χ1v) is 8.43. The first-order chi connectivity index (χ1) is 10.3. The first kappa shape index (κ1) is 16.3. The van der Waals surface area contributed by atoms with E-state index < -0.39 is 0 Å². The van der Waals surface area contributed by atoms with Gasteiger partial charge in [0.25, 0.3) is 0 Å². The van der Waals surface area contributed by atoms with E-state index in [-0.39, 0.29) is 0 Å². The normalized spacial score (nSPS) is 22.6. The summed E-state index contributed by atoms with van der Waals surface area (Å²) in [5.41, 5.74) is 1.25. The molecule has 0 radical (unpaired) electrons. The molecule has 1 aromatic rings. The monoisotopic (exact) mass is 290 g/mol. The summed E-state index contributed by atoms with van der Waals surface area (Å²) in [7, 11) is 0. The van der Waals surface area contributed by atoms with Crippen molar-refractivity contribution in [3.63, 3.8) is 0 Å². The van der Waals surface area contributed by atoms with Gasteiger partial charge in [-0.25, -0.2) is 0 Å². The lowest BCUT2D eigenvalue weighted by molar-refractivity contribution is 0.159. The average molecular weight is 290 g/mol. The molecule has 0 aliphatic carbocycles. The van der Waals surface area contributed by atoms with Crippen molar-refractivity contribution in [3.05, 3.63) is 29.8 Å². The lowest BCUT2D eigenvalue weighted by atomic mass is 10.1. The van der Waals surface area contributed by atoms with Crippen molar-refractivity contribution < 1.29 is 4.74 Å². The van der Waals surface area contributed by atoms with Crippen molar-refractivity contribution in [1.82, 2.24) is 10.2 Å². The van der Waals surface area contributed by atoms with Crippen LogP contribution >= 0.6 is 0 Å². The molecule has 2 atom stereocenters. The molecule has 3 nitrogen and oxygen atoms in total. The Hall–Kier alpha value is -1.06. The zero-order valence-electron chi connectivity index (χ0n) is 13.8. The predicted molar refractivity (Wildman–Crippen MR) is 88.8 cm³/mol. The molecular weight excluding hydrogens is 260 g/mol. The summed E-state index contributed by atoms with van der Waals surface area (Å²) in [5.74, 6) is 1.03. The SMILES string of the molecule is CCNCc1ccccc1OCCN1C(C)CCC1CC. The van der Waals surface area contributed by atoms with Gasteiger partial charge in [0.05, 0.1) is 0 Å². The van der Waals surface area contributed by atoms with Crippen LogP contribution in [0.1, 0.15) is 45.6 Å². The second-order valence-corrected chi connectivity index (χ2v) is 5.96. The summed E-state index contributed by atoms with van der Waals surface area (Å²) in [6.07, 6.45) is 3.92. The van der Waals surface area contributed by atoms with Gasteiger partial charge >= 0.3 is 0 Å². The number of para-hydroxylation sites is 1. The highest BCUT2D eigenvalue weighted by atomic mass is 16.5. The Morgan fingerprint density at radius 2 is 2.05 bits per heavy atom. The summed E-state index contributed by atoms with van der Waals surface area (Å²) < 4.78 is 6.06. The maximum Gasteiger partial charge on any atom is 0.123 e. The van der Waals surface area contributed by atoms with Crippen LogP contribution in [0.5, 0.6) is 5.75 Å². The fourth-order valence-corrected chi connectivity index (χ4v) is 3.28. The van der Waals surface area contributed by atoms with Gasteiger partial charge in [0, 0.05) is 30.7 Å². The van der Waals surface area contributed by atoms with Crippen LogP contribution in [-0.2, 0) is 6.54 Å². The topological polar surface area (TPSA) is 24.5 Å². The van der Waals surface area contributed by atoms with Gasteiger partial charge in [-0.2, -0.15) is 0 Å². The maximum absolute atomic E-state index is 6.06. The summed E-state index contributed by atoms with van der Waals surface area (Å²) in [4.78, 5) is 2.62. The number of nitrogens with one attached hydrogen (secondary N) is 1. The van der Waals surface area contributed by atoms with E-state index in [1.165, 1.54) is 24.8 Å². The van der Waals surface area contributed by atoms with Crippen molar-refractivity contribution in [2.24, 2.45) is 0 Å². The van der Waals surface area contributed by atoms with Crippen LogP contribution in [0, 0.1) is 0 Å². The molecule has 1 heterocycles. The summed E-state index contributed by atoms with van der Waals surface area (Å²) in [6, 6.07) is 9.81. The number of likely N-dealkylation sites (tertiary alicyclic amines) is 1. The van der Waals surface area contributed by atoms with Gasteiger partial charge in [-0.1, -0.05) is 32.0 Å². The average Bonchev–Trinajstić information content (AvgIpc) is 2.87. The maximum atomic E-state index is 6.06. The Balaban J connectivity index is 1.85. The Bertz CT molecular complexity index is 421. The van der Waals surface area contributed by atoms with Crippen LogP contribution in [0.2, 0.25) is 0 Å². The third-order valence-electron chi connectivity index (χ3n) is 4.57. The zero-order chi connectivity index (χ0) is 15.1. The van der Waals surface area contributed by atoms with E-state index in [4.69, 9.17) is 4.74 Å². The number of nitrogens with zero attached hydrogens (tertiary/aromatic N) is 1. The molecule has 1 fully saturated rings. The minimum absolute atomic E-state index is 0.704. The van der Waals surface area contributed by atoms with E-state index in [0.717, 1.165) is 38.0 Å². The van der Waals surface area contributed by atoms with Crippen molar-refractivity contribution in [3.8, 4) is 5.75 Å². The van der Waals surface area contributed by atoms with Gasteiger partial charge in [0.1, 0.15) is 12.4 Å². The molecular formula is C18H30N2O. The summed E-state index contributed by atoms with van der Waals surface area (Å²) >= 11 is 0. The fraction of sp³-hybridized carbons (Fsp3) is 0.667. The minimum atomic E-state index is 0.704. The Labute approximate surface area is 129 Å². The van der Waals surface area contributed by atoms with Crippen LogP contribution in [0.3, 0.4) is 0 Å². The number of ether oxygens (including phenoxy) is 1. The van der Waals surface area contributed by atoms with Crippen LogP contribution < -0.4 is 10.1 Å². The highest BCUT2D eigenvalue weighted by Gasteiger charge is 2.28. The number of benzene rings is 1. The van der Waals surface area contributed by atoms with E-state index in [0.29, 0.717) is 6.04 Å². The van der Waals surface area contributed by atoms with Gasteiger partial charge in [-0.05, 0) is 38.8 Å². The minimum Gasteiger partial charge on any atom is -0.492 e. The van der Waals surface area contributed by atoms with Gasteiger partial charge in [-0.15, -0.1) is 0 Å². The number of hydrogen-bond donors (Lipinski definition) is 1. The van der Waals surface area contributed by atoms with E-state index in [1.54, 1.807) is 0 Å². The smallest absolute Gasteiger partial charge is 0.123 e. The van der Waals surface area contributed by atoms with Crippen LogP contribution in [0.4, 0.5) is 0 Å². The molecule has 0 aromatic heterocycles. The molecule has 1 aliphatic heterocycles. The van der Waals surface area contributed by atoms with Crippen molar-refractivity contribution in [1.29, 1.82) is 0 Å². The molecule has 0 amide bonds. The molecule has 1 aliphatic rings. The highest BCUT2D eigenvalue weighted by Crippen LogP contribution is 2.25. The number of rotatable bonds is 8.